The molecule has 118 valence electrons. The summed E-state index contributed by atoms with van der Waals surface area (Å²) >= 11 is 0. The highest BCUT2D eigenvalue weighted by atomic mass is 32.2. The minimum absolute atomic E-state index is 0.0243. The van der Waals surface area contributed by atoms with E-state index in [0.29, 0.717) is 19.6 Å². The van der Waals surface area contributed by atoms with Gasteiger partial charge in [-0.2, -0.15) is 0 Å². The third kappa shape index (κ3) is 5.37. The molecule has 1 heterocycles. The van der Waals surface area contributed by atoms with Gasteiger partial charge in [-0.3, -0.25) is 4.90 Å². The average Bonchev–Trinajstić information content (AvgIpc) is 2.48. The van der Waals surface area contributed by atoms with Crippen molar-refractivity contribution in [2.45, 2.75) is 12.3 Å². The lowest BCUT2D eigenvalue weighted by molar-refractivity contribution is 0.0390. The fourth-order valence-corrected chi connectivity index (χ4v) is 3.53. The number of hydrogen-bond donors (Lipinski definition) is 2. The first-order valence-electron chi connectivity index (χ1n) is 7.15. The van der Waals surface area contributed by atoms with Gasteiger partial charge in [-0.1, -0.05) is 24.3 Å². The van der Waals surface area contributed by atoms with E-state index in [9.17, 15) is 8.42 Å². The van der Waals surface area contributed by atoms with Gasteiger partial charge >= 0.3 is 0 Å². The molecule has 6 nitrogen and oxygen atoms in total. The Morgan fingerprint density at radius 2 is 1.86 bits per heavy atom. The molecule has 1 aromatic carbocycles. The summed E-state index contributed by atoms with van der Waals surface area (Å²) in [5.74, 6) is -0.0243. The zero-order valence-corrected chi connectivity index (χ0v) is 12.9. The predicted molar refractivity (Wildman–Crippen MR) is 82.2 cm³/mol. The van der Waals surface area contributed by atoms with E-state index in [0.717, 1.165) is 37.4 Å². The van der Waals surface area contributed by atoms with Gasteiger partial charge in [-0.05, 0) is 11.1 Å². The van der Waals surface area contributed by atoms with Crippen LogP contribution in [0.3, 0.4) is 0 Å². The van der Waals surface area contributed by atoms with Gasteiger partial charge in [0.2, 0.25) is 10.0 Å². The van der Waals surface area contributed by atoms with Crippen molar-refractivity contribution < 1.29 is 13.2 Å². The maximum Gasteiger partial charge on any atom is 0.215 e. The SMILES string of the molecule is NCc1ccccc1CS(=O)(=O)NCCN1CCOCC1. The van der Waals surface area contributed by atoms with Crippen molar-refractivity contribution in [1.29, 1.82) is 0 Å². The number of nitrogens with one attached hydrogen (secondary N) is 1. The lowest BCUT2D eigenvalue weighted by atomic mass is 10.1. The van der Waals surface area contributed by atoms with Gasteiger partial charge in [0, 0.05) is 32.7 Å². The summed E-state index contributed by atoms with van der Waals surface area (Å²) in [6.07, 6.45) is 0. The molecule has 21 heavy (non-hydrogen) atoms. The molecule has 0 atom stereocenters. The van der Waals surface area contributed by atoms with Gasteiger partial charge in [-0.25, -0.2) is 13.1 Å². The van der Waals surface area contributed by atoms with E-state index in [2.05, 4.69) is 9.62 Å². The summed E-state index contributed by atoms with van der Waals surface area (Å²) in [6, 6.07) is 7.36. The molecule has 2 rings (SSSR count). The molecule has 0 aliphatic carbocycles. The van der Waals surface area contributed by atoms with Gasteiger partial charge in [-0.15, -0.1) is 0 Å². The van der Waals surface area contributed by atoms with E-state index in [4.69, 9.17) is 10.5 Å². The van der Waals surface area contributed by atoms with Crippen molar-refractivity contribution >= 4 is 10.0 Å². The quantitative estimate of drug-likeness (QED) is 0.734. The summed E-state index contributed by atoms with van der Waals surface area (Å²) in [5, 5.41) is 0. The first kappa shape index (κ1) is 16.4. The monoisotopic (exact) mass is 313 g/mol. The summed E-state index contributed by atoms with van der Waals surface area (Å²) in [7, 11) is -3.33. The van der Waals surface area contributed by atoms with E-state index in [1.165, 1.54) is 0 Å². The fraction of sp³-hybridized carbons (Fsp3) is 0.571. The number of benzene rings is 1. The van der Waals surface area contributed by atoms with Crippen LogP contribution in [0.25, 0.3) is 0 Å². The Hall–Kier alpha value is -0.990. The molecule has 0 saturated carbocycles. The molecule has 0 aromatic heterocycles. The summed E-state index contributed by atoms with van der Waals surface area (Å²) in [6.45, 7) is 4.64. The van der Waals surface area contributed by atoms with Crippen LogP contribution in [-0.2, 0) is 27.1 Å². The van der Waals surface area contributed by atoms with Gasteiger partial charge < -0.3 is 10.5 Å². The third-order valence-electron chi connectivity index (χ3n) is 3.54. The van der Waals surface area contributed by atoms with Crippen LogP contribution in [0, 0.1) is 0 Å². The van der Waals surface area contributed by atoms with Crippen molar-refractivity contribution in [1.82, 2.24) is 9.62 Å². The van der Waals surface area contributed by atoms with E-state index in [1.54, 1.807) is 0 Å². The predicted octanol–water partition coefficient (Wildman–Crippen LogP) is -0.103. The molecular formula is C14H23N3O3S. The van der Waals surface area contributed by atoms with E-state index >= 15 is 0 Å². The molecule has 0 spiro atoms. The molecule has 0 amide bonds. The Balaban J connectivity index is 1.84. The van der Waals surface area contributed by atoms with Crippen LogP contribution < -0.4 is 10.5 Å². The van der Waals surface area contributed by atoms with Crippen LogP contribution in [0.1, 0.15) is 11.1 Å². The maximum atomic E-state index is 12.1. The molecule has 0 bridgehead atoms. The maximum absolute atomic E-state index is 12.1. The first-order chi connectivity index (χ1) is 10.1. The number of sulfonamides is 1. The molecule has 3 N–H and O–H groups in total. The van der Waals surface area contributed by atoms with E-state index in [1.807, 2.05) is 24.3 Å². The zero-order valence-electron chi connectivity index (χ0n) is 12.1. The second kappa shape index (κ2) is 7.86. The number of rotatable bonds is 7. The molecule has 1 aliphatic rings. The summed E-state index contributed by atoms with van der Waals surface area (Å²) < 4.78 is 32.1. The molecular weight excluding hydrogens is 290 g/mol. The molecule has 7 heteroatoms. The Bertz CT molecular complexity index is 542. The molecule has 1 aliphatic heterocycles. The first-order valence-corrected chi connectivity index (χ1v) is 8.80. The minimum atomic E-state index is -3.33. The lowest BCUT2D eigenvalue weighted by Gasteiger charge is -2.26. The van der Waals surface area contributed by atoms with Crippen LogP contribution in [0.4, 0.5) is 0 Å². The molecule has 1 saturated heterocycles. The smallest absolute Gasteiger partial charge is 0.215 e. The largest absolute Gasteiger partial charge is 0.379 e. The molecule has 0 radical (unpaired) electrons. The van der Waals surface area contributed by atoms with Gasteiger partial charge in [0.1, 0.15) is 0 Å². The van der Waals surface area contributed by atoms with Crippen molar-refractivity contribution in [3.63, 3.8) is 0 Å². The lowest BCUT2D eigenvalue weighted by Crippen LogP contribution is -2.41. The fourth-order valence-electron chi connectivity index (χ4n) is 2.34. The van der Waals surface area contributed by atoms with Gasteiger partial charge in [0.15, 0.2) is 0 Å². The van der Waals surface area contributed by atoms with Gasteiger partial charge in [0.25, 0.3) is 0 Å². The van der Waals surface area contributed by atoms with Crippen molar-refractivity contribution in [2.24, 2.45) is 5.73 Å². The summed E-state index contributed by atoms with van der Waals surface area (Å²) in [5.41, 5.74) is 7.27. The number of nitrogens with two attached hydrogens (primary N) is 1. The van der Waals surface area contributed by atoms with Crippen molar-refractivity contribution in [2.75, 3.05) is 39.4 Å². The Kier molecular flexibility index (Phi) is 6.13. The normalized spacial score (nSPS) is 17.0. The molecule has 0 unspecified atom stereocenters. The second-order valence-corrected chi connectivity index (χ2v) is 6.89. The van der Waals surface area contributed by atoms with Gasteiger partial charge in [0.05, 0.1) is 19.0 Å². The molecule has 1 fully saturated rings. The number of nitrogens with zero attached hydrogens (tertiary/aromatic N) is 1. The summed E-state index contributed by atoms with van der Waals surface area (Å²) in [4.78, 5) is 2.19. The zero-order chi connectivity index (χ0) is 15.1. The third-order valence-corrected chi connectivity index (χ3v) is 4.87. The van der Waals surface area contributed by atoms with Crippen molar-refractivity contribution in [3.8, 4) is 0 Å². The second-order valence-electron chi connectivity index (χ2n) is 5.08. The number of hydrogen-bond acceptors (Lipinski definition) is 5. The van der Waals surface area contributed by atoms with Crippen LogP contribution in [0.2, 0.25) is 0 Å². The van der Waals surface area contributed by atoms with E-state index < -0.39 is 10.0 Å². The number of ether oxygens (including phenoxy) is 1. The van der Waals surface area contributed by atoms with Crippen molar-refractivity contribution in [3.05, 3.63) is 35.4 Å². The Morgan fingerprint density at radius 3 is 2.52 bits per heavy atom. The molecule has 1 aromatic rings. The Labute approximate surface area is 126 Å². The minimum Gasteiger partial charge on any atom is -0.379 e. The Morgan fingerprint density at radius 1 is 1.19 bits per heavy atom. The highest BCUT2D eigenvalue weighted by Crippen LogP contribution is 2.11. The van der Waals surface area contributed by atoms with Crippen LogP contribution in [0.15, 0.2) is 24.3 Å². The number of morpholine rings is 1. The average molecular weight is 313 g/mol. The van der Waals surface area contributed by atoms with Crippen LogP contribution >= 0.6 is 0 Å². The standard InChI is InChI=1S/C14H23N3O3S/c15-11-13-3-1-2-4-14(13)12-21(18,19)16-5-6-17-7-9-20-10-8-17/h1-4,16H,5-12,15H2. The van der Waals surface area contributed by atoms with Crippen LogP contribution in [-0.4, -0.2) is 52.7 Å². The van der Waals surface area contributed by atoms with Crippen LogP contribution in [0.5, 0.6) is 0 Å². The van der Waals surface area contributed by atoms with E-state index in [-0.39, 0.29) is 5.75 Å². The topological polar surface area (TPSA) is 84.7 Å². The highest BCUT2D eigenvalue weighted by Gasteiger charge is 2.15. The highest BCUT2D eigenvalue weighted by molar-refractivity contribution is 7.88.